The summed E-state index contributed by atoms with van der Waals surface area (Å²) in [4.78, 5) is 14.7. The molecule has 2 heterocycles. The maximum atomic E-state index is 12.7. The first-order valence-electron chi connectivity index (χ1n) is 8.63. The Kier molecular flexibility index (Phi) is 5.32. The molecule has 3 aromatic rings. The predicted molar refractivity (Wildman–Crippen MR) is 102 cm³/mol. The molecule has 1 amide bonds. The van der Waals surface area contributed by atoms with Gasteiger partial charge in [-0.1, -0.05) is 12.1 Å². The second-order valence-corrected chi connectivity index (χ2v) is 6.63. The van der Waals surface area contributed by atoms with Crippen LogP contribution in [0.2, 0.25) is 0 Å². The average molecular weight is 355 g/mol. The number of aryl methyl sites for hydroxylation is 1. The number of rotatable bonds is 7. The van der Waals surface area contributed by atoms with Crippen LogP contribution in [0.15, 0.2) is 40.8 Å². The maximum Gasteiger partial charge on any atom is 0.268 e. The number of amides is 1. The molecule has 0 atom stereocenters. The molecule has 6 heteroatoms. The van der Waals surface area contributed by atoms with Crippen molar-refractivity contribution >= 4 is 17.0 Å². The Balaban J connectivity index is 1.89. The van der Waals surface area contributed by atoms with Gasteiger partial charge < -0.3 is 23.9 Å². The summed E-state index contributed by atoms with van der Waals surface area (Å²) in [6.07, 6.45) is 0. The zero-order valence-electron chi connectivity index (χ0n) is 15.7. The van der Waals surface area contributed by atoms with Crippen LogP contribution in [-0.4, -0.2) is 49.7 Å². The lowest BCUT2D eigenvalue weighted by molar-refractivity contribution is 0.0942. The number of furan rings is 1. The van der Waals surface area contributed by atoms with E-state index in [1.807, 2.05) is 66.9 Å². The molecule has 1 N–H and O–H groups in total. The van der Waals surface area contributed by atoms with Crippen molar-refractivity contribution in [3.8, 4) is 5.75 Å². The number of hydrogen-bond donors (Lipinski definition) is 1. The Labute approximate surface area is 153 Å². The number of carbonyl (C=O) groups excluding carboxylic acids is 1. The van der Waals surface area contributed by atoms with Crippen LogP contribution in [0.3, 0.4) is 0 Å². The average Bonchev–Trinajstić information content (AvgIpc) is 3.12. The third-order valence-electron chi connectivity index (χ3n) is 4.29. The van der Waals surface area contributed by atoms with Crippen molar-refractivity contribution in [3.63, 3.8) is 0 Å². The minimum absolute atomic E-state index is 0.0931. The summed E-state index contributed by atoms with van der Waals surface area (Å²) in [5.74, 6) is 1.55. The van der Waals surface area contributed by atoms with Crippen LogP contribution in [0.4, 0.5) is 0 Å². The van der Waals surface area contributed by atoms with Crippen molar-refractivity contribution in [1.82, 2.24) is 14.8 Å². The fourth-order valence-corrected chi connectivity index (χ4v) is 2.92. The maximum absolute atomic E-state index is 12.7. The van der Waals surface area contributed by atoms with E-state index in [9.17, 15) is 4.79 Å². The summed E-state index contributed by atoms with van der Waals surface area (Å²) in [7, 11) is 5.61. The molecule has 138 valence electrons. The van der Waals surface area contributed by atoms with Crippen LogP contribution >= 0.6 is 0 Å². The Bertz CT molecular complexity index is 891. The highest BCUT2D eigenvalue weighted by molar-refractivity contribution is 5.97. The summed E-state index contributed by atoms with van der Waals surface area (Å²) >= 11 is 0. The number of likely N-dealkylation sites (N-methyl/N-ethyl adjacent to an activating group) is 1. The van der Waals surface area contributed by atoms with Crippen molar-refractivity contribution in [2.75, 3.05) is 34.3 Å². The van der Waals surface area contributed by atoms with Crippen molar-refractivity contribution < 1.29 is 13.9 Å². The van der Waals surface area contributed by atoms with Gasteiger partial charge in [-0.2, -0.15) is 0 Å². The molecule has 0 fully saturated rings. The van der Waals surface area contributed by atoms with Gasteiger partial charge in [0, 0.05) is 31.8 Å². The van der Waals surface area contributed by atoms with Crippen molar-refractivity contribution in [3.05, 3.63) is 53.4 Å². The molecule has 3 rings (SSSR count). The summed E-state index contributed by atoms with van der Waals surface area (Å²) < 4.78 is 12.9. The second kappa shape index (κ2) is 7.66. The third-order valence-corrected chi connectivity index (χ3v) is 4.29. The highest BCUT2D eigenvalue weighted by Crippen LogP contribution is 2.25. The van der Waals surface area contributed by atoms with E-state index in [0.29, 0.717) is 18.8 Å². The van der Waals surface area contributed by atoms with E-state index in [1.54, 1.807) is 7.11 Å². The topological polar surface area (TPSA) is 59.6 Å². The lowest BCUT2D eigenvalue weighted by Gasteiger charge is -2.13. The van der Waals surface area contributed by atoms with Crippen LogP contribution in [0.25, 0.3) is 11.1 Å². The first kappa shape index (κ1) is 18.1. The van der Waals surface area contributed by atoms with E-state index in [4.69, 9.17) is 9.15 Å². The summed E-state index contributed by atoms with van der Waals surface area (Å²) in [5.41, 5.74) is 3.35. The molecule has 6 nitrogen and oxygen atoms in total. The highest BCUT2D eigenvalue weighted by Gasteiger charge is 2.18. The molecule has 0 saturated heterocycles. The number of aromatic nitrogens is 1. The van der Waals surface area contributed by atoms with E-state index in [-0.39, 0.29) is 5.91 Å². The van der Waals surface area contributed by atoms with Crippen molar-refractivity contribution in [2.24, 2.45) is 0 Å². The van der Waals surface area contributed by atoms with E-state index in [2.05, 4.69) is 5.32 Å². The van der Waals surface area contributed by atoms with Gasteiger partial charge in [0.15, 0.2) is 5.58 Å². The van der Waals surface area contributed by atoms with E-state index in [1.165, 1.54) is 0 Å². The van der Waals surface area contributed by atoms with Crippen molar-refractivity contribution in [2.45, 2.75) is 13.5 Å². The molecule has 26 heavy (non-hydrogen) atoms. The van der Waals surface area contributed by atoms with Crippen LogP contribution in [-0.2, 0) is 6.54 Å². The number of carbonyl (C=O) groups is 1. The van der Waals surface area contributed by atoms with E-state index < -0.39 is 0 Å². The smallest absolute Gasteiger partial charge is 0.268 e. The number of benzene rings is 1. The second-order valence-electron chi connectivity index (χ2n) is 6.63. The number of nitrogens with one attached hydrogen (secondary N) is 1. The van der Waals surface area contributed by atoms with Gasteiger partial charge in [-0.3, -0.25) is 4.79 Å². The molecule has 0 aliphatic rings. The minimum atomic E-state index is -0.0931. The van der Waals surface area contributed by atoms with Crippen molar-refractivity contribution in [1.29, 1.82) is 0 Å². The van der Waals surface area contributed by atoms with Crippen LogP contribution in [0.1, 0.15) is 21.8 Å². The van der Waals surface area contributed by atoms with Gasteiger partial charge in [-0.05, 0) is 38.7 Å². The van der Waals surface area contributed by atoms with Gasteiger partial charge in [0.2, 0.25) is 0 Å². The first-order chi connectivity index (χ1) is 12.5. The molecule has 0 aliphatic heterocycles. The van der Waals surface area contributed by atoms with Crippen LogP contribution in [0, 0.1) is 6.92 Å². The molecular formula is C20H25N3O3. The standard InChI is InChI=1S/C20H25N3O3/c1-14-11-17-19(26-14)12-18(20(24)21-9-10-22(2)3)23(17)13-15-5-7-16(25-4)8-6-15/h5-8,11-12H,9-10,13H2,1-4H3,(H,21,24). The van der Waals surface area contributed by atoms with Crippen LogP contribution < -0.4 is 10.1 Å². The first-order valence-corrected chi connectivity index (χ1v) is 8.63. The Morgan fingerprint density at radius 1 is 1.23 bits per heavy atom. The summed E-state index contributed by atoms with van der Waals surface area (Å²) in [6.45, 7) is 3.89. The number of nitrogens with zero attached hydrogens (tertiary/aromatic N) is 2. The molecule has 1 aromatic carbocycles. The molecule has 0 aliphatic carbocycles. The van der Waals surface area contributed by atoms with Crippen LogP contribution in [0.5, 0.6) is 5.75 Å². The molecule has 0 bridgehead atoms. The SMILES string of the molecule is COc1ccc(Cn2c(C(=O)NCCN(C)C)cc3oc(C)cc32)cc1. The van der Waals surface area contributed by atoms with Gasteiger partial charge in [-0.15, -0.1) is 0 Å². The zero-order valence-corrected chi connectivity index (χ0v) is 15.7. The van der Waals surface area contributed by atoms with Gasteiger partial charge in [0.05, 0.1) is 12.6 Å². The van der Waals surface area contributed by atoms with Gasteiger partial charge in [0.25, 0.3) is 5.91 Å². The zero-order chi connectivity index (χ0) is 18.7. The fourth-order valence-electron chi connectivity index (χ4n) is 2.92. The number of fused-ring (bicyclic) bond motifs is 1. The number of methoxy groups -OCH3 is 1. The minimum Gasteiger partial charge on any atom is -0.497 e. The predicted octanol–water partition coefficient (Wildman–Crippen LogP) is 2.89. The lowest BCUT2D eigenvalue weighted by atomic mass is 10.2. The molecular weight excluding hydrogens is 330 g/mol. The lowest BCUT2D eigenvalue weighted by Crippen LogP contribution is -2.32. The highest BCUT2D eigenvalue weighted by atomic mass is 16.5. The molecule has 0 radical (unpaired) electrons. The third kappa shape index (κ3) is 3.91. The molecule has 0 saturated carbocycles. The monoisotopic (exact) mass is 355 g/mol. The number of hydrogen-bond acceptors (Lipinski definition) is 4. The fraction of sp³-hybridized carbons (Fsp3) is 0.350. The molecule has 0 spiro atoms. The summed E-state index contributed by atoms with van der Waals surface area (Å²) in [6, 6.07) is 11.6. The van der Waals surface area contributed by atoms with E-state index in [0.717, 1.165) is 34.7 Å². The Morgan fingerprint density at radius 3 is 2.62 bits per heavy atom. The Hall–Kier alpha value is -2.73. The normalized spacial score (nSPS) is 11.3. The Morgan fingerprint density at radius 2 is 1.96 bits per heavy atom. The largest absolute Gasteiger partial charge is 0.497 e. The van der Waals surface area contributed by atoms with Gasteiger partial charge >= 0.3 is 0 Å². The number of ether oxygens (including phenoxy) is 1. The van der Waals surface area contributed by atoms with Gasteiger partial charge in [-0.25, -0.2) is 0 Å². The summed E-state index contributed by atoms with van der Waals surface area (Å²) in [5, 5.41) is 2.98. The molecule has 0 unspecified atom stereocenters. The molecule has 2 aromatic heterocycles. The quantitative estimate of drug-likeness (QED) is 0.708. The van der Waals surface area contributed by atoms with Gasteiger partial charge in [0.1, 0.15) is 17.2 Å². The van der Waals surface area contributed by atoms with E-state index >= 15 is 0 Å².